The molecular formula is C11H19NO. The predicted octanol–water partition coefficient (Wildman–Crippen LogP) is 2.07. The fourth-order valence-corrected chi connectivity index (χ4v) is 1.41. The summed E-state index contributed by atoms with van der Waals surface area (Å²) < 4.78 is 0. The van der Waals surface area contributed by atoms with Crippen molar-refractivity contribution in [2.45, 2.75) is 27.2 Å². The summed E-state index contributed by atoms with van der Waals surface area (Å²) in [6, 6.07) is 0. The van der Waals surface area contributed by atoms with Gasteiger partial charge in [-0.05, 0) is 12.3 Å². The third-order valence-electron chi connectivity index (χ3n) is 2.76. The molecule has 1 aliphatic rings. The maximum atomic E-state index is 11.8. The first-order valence-electron chi connectivity index (χ1n) is 5.06. The van der Waals surface area contributed by atoms with Gasteiger partial charge in [0.25, 0.3) is 0 Å². The standard InChI is InChI=1S/C11H19NO/c1-9(2)10(3)11(13)12-7-5-4-6-8-12/h4-5,9-10H,6-8H2,1-3H3. The van der Waals surface area contributed by atoms with Gasteiger partial charge in [0.05, 0.1) is 0 Å². The fourth-order valence-electron chi connectivity index (χ4n) is 1.41. The van der Waals surface area contributed by atoms with Crippen LogP contribution < -0.4 is 0 Å². The van der Waals surface area contributed by atoms with Crippen LogP contribution in [0.5, 0.6) is 0 Å². The molecule has 1 aliphatic heterocycles. The van der Waals surface area contributed by atoms with Crippen molar-refractivity contribution in [3.63, 3.8) is 0 Å². The molecule has 13 heavy (non-hydrogen) atoms. The minimum absolute atomic E-state index is 0.159. The van der Waals surface area contributed by atoms with E-state index in [2.05, 4.69) is 26.0 Å². The van der Waals surface area contributed by atoms with Crippen LogP contribution in [0.3, 0.4) is 0 Å². The largest absolute Gasteiger partial charge is 0.338 e. The Bertz CT molecular complexity index is 208. The summed E-state index contributed by atoms with van der Waals surface area (Å²) in [6.07, 6.45) is 5.23. The van der Waals surface area contributed by atoms with Gasteiger partial charge in [-0.2, -0.15) is 0 Å². The zero-order chi connectivity index (χ0) is 9.84. The van der Waals surface area contributed by atoms with Crippen molar-refractivity contribution >= 4 is 5.91 Å². The van der Waals surface area contributed by atoms with Gasteiger partial charge in [0, 0.05) is 19.0 Å². The normalized spacial score (nSPS) is 19.2. The van der Waals surface area contributed by atoms with Gasteiger partial charge in [-0.15, -0.1) is 0 Å². The molecular weight excluding hydrogens is 162 g/mol. The number of carbonyl (C=O) groups is 1. The zero-order valence-electron chi connectivity index (χ0n) is 8.79. The van der Waals surface area contributed by atoms with Crippen molar-refractivity contribution < 1.29 is 4.79 Å². The van der Waals surface area contributed by atoms with Crippen LogP contribution in [-0.2, 0) is 4.79 Å². The highest BCUT2D eigenvalue weighted by Crippen LogP contribution is 2.14. The van der Waals surface area contributed by atoms with Gasteiger partial charge >= 0.3 is 0 Å². The van der Waals surface area contributed by atoms with Gasteiger partial charge in [-0.3, -0.25) is 4.79 Å². The Hall–Kier alpha value is -0.790. The second kappa shape index (κ2) is 4.45. The molecule has 2 nitrogen and oxygen atoms in total. The van der Waals surface area contributed by atoms with E-state index < -0.39 is 0 Å². The number of rotatable bonds is 2. The number of nitrogens with zero attached hydrogens (tertiary/aromatic N) is 1. The maximum absolute atomic E-state index is 11.8. The maximum Gasteiger partial charge on any atom is 0.225 e. The lowest BCUT2D eigenvalue weighted by molar-refractivity contribution is -0.135. The van der Waals surface area contributed by atoms with E-state index in [1.54, 1.807) is 0 Å². The Morgan fingerprint density at radius 3 is 2.46 bits per heavy atom. The van der Waals surface area contributed by atoms with Crippen LogP contribution in [-0.4, -0.2) is 23.9 Å². The summed E-state index contributed by atoms with van der Waals surface area (Å²) in [7, 11) is 0. The molecule has 2 heteroatoms. The number of carbonyl (C=O) groups excluding carboxylic acids is 1. The Balaban J connectivity index is 2.51. The molecule has 0 aliphatic carbocycles. The quantitative estimate of drug-likeness (QED) is 0.597. The van der Waals surface area contributed by atoms with Crippen LogP contribution in [0.15, 0.2) is 12.2 Å². The van der Waals surface area contributed by atoms with Crippen LogP contribution in [0.1, 0.15) is 27.2 Å². The first-order valence-corrected chi connectivity index (χ1v) is 5.06. The molecule has 0 spiro atoms. The Kier molecular flexibility index (Phi) is 3.52. The van der Waals surface area contributed by atoms with E-state index in [4.69, 9.17) is 0 Å². The zero-order valence-corrected chi connectivity index (χ0v) is 8.79. The van der Waals surface area contributed by atoms with E-state index in [0.29, 0.717) is 11.8 Å². The third kappa shape index (κ3) is 2.58. The molecule has 0 N–H and O–H groups in total. The summed E-state index contributed by atoms with van der Waals surface area (Å²) >= 11 is 0. The molecule has 0 fully saturated rings. The highest BCUT2D eigenvalue weighted by atomic mass is 16.2. The van der Waals surface area contributed by atoms with Gasteiger partial charge in [0.2, 0.25) is 5.91 Å². The minimum atomic E-state index is 0.159. The summed E-state index contributed by atoms with van der Waals surface area (Å²) in [6.45, 7) is 7.91. The molecule has 0 aromatic carbocycles. The topological polar surface area (TPSA) is 20.3 Å². The van der Waals surface area contributed by atoms with Gasteiger partial charge in [0.1, 0.15) is 0 Å². The minimum Gasteiger partial charge on any atom is -0.338 e. The highest BCUT2D eigenvalue weighted by Gasteiger charge is 2.22. The molecule has 1 rings (SSSR count). The third-order valence-corrected chi connectivity index (χ3v) is 2.76. The van der Waals surface area contributed by atoms with Gasteiger partial charge < -0.3 is 4.90 Å². The van der Waals surface area contributed by atoms with Crippen LogP contribution in [0.4, 0.5) is 0 Å². The molecule has 1 amide bonds. The molecule has 1 heterocycles. The highest BCUT2D eigenvalue weighted by molar-refractivity contribution is 5.79. The lowest BCUT2D eigenvalue weighted by Crippen LogP contribution is -2.38. The first kappa shape index (κ1) is 10.3. The van der Waals surface area contributed by atoms with Crippen molar-refractivity contribution in [3.05, 3.63) is 12.2 Å². The van der Waals surface area contributed by atoms with E-state index in [9.17, 15) is 4.79 Å². The summed E-state index contributed by atoms with van der Waals surface area (Å²) in [5, 5.41) is 0. The molecule has 1 unspecified atom stereocenters. The van der Waals surface area contributed by atoms with E-state index in [0.717, 1.165) is 19.5 Å². The van der Waals surface area contributed by atoms with Crippen LogP contribution in [0.2, 0.25) is 0 Å². The van der Waals surface area contributed by atoms with Crippen molar-refractivity contribution in [1.82, 2.24) is 4.90 Å². The second-order valence-corrected chi connectivity index (χ2v) is 4.08. The van der Waals surface area contributed by atoms with Crippen LogP contribution >= 0.6 is 0 Å². The first-order chi connectivity index (χ1) is 6.13. The van der Waals surface area contributed by atoms with E-state index in [-0.39, 0.29) is 5.92 Å². The number of hydrogen-bond acceptors (Lipinski definition) is 1. The van der Waals surface area contributed by atoms with Crippen molar-refractivity contribution in [2.24, 2.45) is 11.8 Å². The van der Waals surface area contributed by atoms with Crippen LogP contribution in [0, 0.1) is 11.8 Å². The molecule has 0 aromatic heterocycles. The van der Waals surface area contributed by atoms with Gasteiger partial charge in [-0.1, -0.05) is 32.9 Å². The summed E-state index contributed by atoms with van der Waals surface area (Å²) in [4.78, 5) is 13.8. The Morgan fingerprint density at radius 1 is 1.31 bits per heavy atom. The van der Waals surface area contributed by atoms with Gasteiger partial charge in [0.15, 0.2) is 0 Å². The fraction of sp³-hybridized carbons (Fsp3) is 0.727. The second-order valence-electron chi connectivity index (χ2n) is 4.08. The van der Waals surface area contributed by atoms with Crippen molar-refractivity contribution in [1.29, 1.82) is 0 Å². The molecule has 1 atom stereocenters. The van der Waals surface area contributed by atoms with E-state index in [1.807, 2.05) is 11.8 Å². The van der Waals surface area contributed by atoms with Crippen LogP contribution in [0.25, 0.3) is 0 Å². The number of amides is 1. The van der Waals surface area contributed by atoms with Gasteiger partial charge in [-0.25, -0.2) is 0 Å². The SMILES string of the molecule is CC(C)C(C)C(=O)N1CC=CCC1. The summed E-state index contributed by atoms with van der Waals surface area (Å²) in [5.74, 6) is 0.907. The predicted molar refractivity (Wildman–Crippen MR) is 54.3 cm³/mol. The van der Waals surface area contributed by atoms with Crippen molar-refractivity contribution in [2.75, 3.05) is 13.1 Å². The lowest BCUT2D eigenvalue weighted by atomic mass is 9.96. The smallest absolute Gasteiger partial charge is 0.225 e. The lowest BCUT2D eigenvalue weighted by Gasteiger charge is -2.27. The molecule has 0 radical (unpaired) electrons. The van der Waals surface area contributed by atoms with E-state index >= 15 is 0 Å². The molecule has 0 aromatic rings. The Labute approximate surface area is 80.6 Å². The number of hydrogen-bond donors (Lipinski definition) is 0. The van der Waals surface area contributed by atoms with Crippen molar-refractivity contribution in [3.8, 4) is 0 Å². The average Bonchev–Trinajstić information content (AvgIpc) is 2.17. The molecule has 0 bridgehead atoms. The van der Waals surface area contributed by atoms with E-state index in [1.165, 1.54) is 0 Å². The molecule has 0 saturated carbocycles. The summed E-state index contributed by atoms with van der Waals surface area (Å²) in [5.41, 5.74) is 0. The average molecular weight is 181 g/mol. The molecule has 74 valence electrons. The Morgan fingerprint density at radius 2 is 2.00 bits per heavy atom. The molecule has 0 saturated heterocycles. The monoisotopic (exact) mass is 181 g/mol.